The van der Waals surface area contributed by atoms with Crippen molar-refractivity contribution in [3.63, 3.8) is 0 Å². The average molecular weight is 459 g/mol. The summed E-state index contributed by atoms with van der Waals surface area (Å²) in [6, 6.07) is 9.09. The zero-order chi connectivity index (χ0) is 23.1. The Hall–Kier alpha value is -2.62. The first-order valence-electron chi connectivity index (χ1n) is 10.5. The number of aromatic nitrogens is 2. The summed E-state index contributed by atoms with van der Waals surface area (Å²) in [6.07, 6.45) is 4.45. The third kappa shape index (κ3) is 4.60. The predicted molar refractivity (Wildman–Crippen MR) is 122 cm³/mol. The van der Waals surface area contributed by atoms with E-state index in [0.29, 0.717) is 17.0 Å². The van der Waals surface area contributed by atoms with Gasteiger partial charge in [0, 0.05) is 23.9 Å². The van der Waals surface area contributed by atoms with Crippen LogP contribution in [0.1, 0.15) is 25.5 Å². The standard InChI is InChI=1S/C23H27FN4O3S/c1-23(29,16-8-10-28(2)11-9-16)21-7-4-15-14-25-22(13-20(15)26-21)27-19-6-5-17(12-18(19)24)32(3,30)31/h4-7,12-14,16,29H,8-11H2,1-3H3,(H,25,27)/t23-/m1/s1. The Balaban J connectivity index is 1.61. The molecule has 0 aliphatic carbocycles. The number of anilines is 2. The van der Waals surface area contributed by atoms with Crippen LogP contribution in [0.25, 0.3) is 10.9 Å². The van der Waals surface area contributed by atoms with Crippen LogP contribution in [-0.2, 0) is 15.4 Å². The van der Waals surface area contributed by atoms with Gasteiger partial charge in [-0.15, -0.1) is 0 Å². The molecule has 1 aliphatic rings. The molecule has 3 heterocycles. The van der Waals surface area contributed by atoms with Crippen molar-refractivity contribution >= 4 is 32.2 Å². The molecule has 2 aromatic heterocycles. The summed E-state index contributed by atoms with van der Waals surface area (Å²) in [5, 5.41) is 15.0. The number of pyridine rings is 2. The summed E-state index contributed by atoms with van der Waals surface area (Å²) in [5.41, 5.74) is 0.278. The lowest BCUT2D eigenvalue weighted by atomic mass is 9.79. The number of nitrogens with one attached hydrogen (secondary N) is 1. The number of fused-ring (bicyclic) bond motifs is 1. The second-order valence-electron chi connectivity index (χ2n) is 8.72. The summed E-state index contributed by atoms with van der Waals surface area (Å²) in [5.74, 6) is -0.209. The zero-order valence-electron chi connectivity index (χ0n) is 18.3. The Morgan fingerprint density at radius 2 is 1.91 bits per heavy atom. The largest absolute Gasteiger partial charge is 0.384 e. The van der Waals surface area contributed by atoms with Gasteiger partial charge in [-0.1, -0.05) is 0 Å². The molecule has 0 radical (unpaired) electrons. The number of hydrogen-bond acceptors (Lipinski definition) is 7. The molecule has 0 bridgehead atoms. The molecule has 3 aromatic rings. The Bertz CT molecular complexity index is 1260. The SMILES string of the molecule is CN1CCC([C@@](C)(O)c2ccc3cnc(Nc4ccc(S(C)(=O)=O)cc4F)cc3n2)CC1. The average Bonchev–Trinajstić information content (AvgIpc) is 2.74. The van der Waals surface area contributed by atoms with E-state index in [2.05, 4.69) is 22.2 Å². The molecule has 1 aliphatic heterocycles. The van der Waals surface area contributed by atoms with Gasteiger partial charge in [0.15, 0.2) is 9.84 Å². The molecule has 2 N–H and O–H groups in total. The van der Waals surface area contributed by atoms with Crippen LogP contribution in [0.15, 0.2) is 47.5 Å². The van der Waals surface area contributed by atoms with E-state index in [-0.39, 0.29) is 16.5 Å². The molecule has 1 aromatic carbocycles. The van der Waals surface area contributed by atoms with Crippen molar-refractivity contribution < 1.29 is 17.9 Å². The van der Waals surface area contributed by atoms with E-state index in [1.54, 1.807) is 12.3 Å². The van der Waals surface area contributed by atoms with Crippen molar-refractivity contribution in [1.82, 2.24) is 14.9 Å². The van der Waals surface area contributed by atoms with Gasteiger partial charge in [0.1, 0.15) is 17.2 Å². The van der Waals surface area contributed by atoms with E-state index < -0.39 is 21.3 Å². The van der Waals surface area contributed by atoms with Crippen LogP contribution < -0.4 is 5.32 Å². The van der Waals surface area contributed by atoms with Crippen molar-refractivity contribution in [3.05, 3.63) is 54.1 Å². The van der Waals surface area contributed by atoms with Crippen molar-refractivity contribution in [2.75, 3.05) is 31.7 Å². The van der Waals surface area contributed by atoms with Crippen molar-refractivity contribution in [3.8, 4) is 0 Å². The van der Waals surface area contributed by atoms with E-state index in [9.17, 15) is 17.9 Å². The monoisotopic (exact) mass is 458 g/mol. The number of likely N-dealkylation sites (tertiary alicyclic amines) is 1. The van der Waals surface area contributed by atoms with Gasteiger partial charge in [-0.25, -0.2) is 22.8 Å². The lowest BCUT2D eigenvalue weighted by Crippen LogP contribution is -2.41. The van der Waals surface area contributed by atoms with E-state index in [4.69, 9.17) is 4.98 Å². The minimum absolute atomic E-state index is 0.0885. The fourth-order valence-corrected chi connectivity index (χ4v) is 4.75. The number of halogens is 1. The van der Waals surface area contributed by atoms with Gasteiger partial charge >= 0.3 is 0 Å². The highest BCUT2D eigenvalue weighted by molar-refractivity contribution is 7.90. The second-order valence-corrected chi connectivity index (χ2v) is 10.7. The maximum Gasteiger partial charge on any atom is 0.175 e. The maximum atomic E-state index is 14.4. The summed E-state index contributed by atoms with van der Waals surface area (Å²) < 4.78 is 37.7. The summed E-state index contributed by atoms with van der Waals surface area (Å²) >= 11 is 0. The van der Waals surface area contributed by atoms with Crippen LogP contribution in [0.5, 0.6) is 0 Å². The number of piperidine rings is 1. The fraction of sp³-hybridized carbons (Fsp3) is 0.391. The molecule has 0 amide bonds. The van der Waals surface area contributed by atoms with Crippen LogP contribution in [-0.4, -0.2) is 54.8 Å². The molecular weight excluding hydrogens is 431 g/mol. The zero-order valence-corrected chi connectivity index (χ0v) is 19.2. The van der Waals surface area contributed by atoms with Crippen LogP contribution in [0, 0.1) is 11.7 Å². The molecular formula is C23H27FN4O3S. The van der Waals surface area contributed by atoms with Crippen LogP contribution >= 0.6 is 0 Å². The lowest BCUT2D eigenvalue weighted by molar-refractivity contribution is -0.0334. The number of rotatable bonds is 5. The predicted octanol–water partition coefficient (Wildman–Crippen LogP) is 3.47. The molecule has 4 rings (SSSR count). The minimum Gasteiger partial charge on any atom is -0.384 e. The van der Waals surface area contributed by atoms with Crippen LogP contribution in [0.3, 0.4) is 0 Å². The van der Waals surface area contributed by atoms with Crippen molar-refractivity contribution in [2.24, 2.45) is 5.92 Å². The van der Waals surface area contributed by atoms with Gasteiger partial charge in [0.05, 0.1) is 21.8 Å². The topological polar surface area (TPSA) is 95.4 Å². The van der Waals surface area contributed by atoms with Crippen LogP contribution in [0.4, 0.5) is 15.9 Å². The molecule has 9 heteroatoms. The van der Waals surface area contributed by atoms with Gasteiger partial charge in [0.25, 0.3) is 0 Å². The summed E-state index contributed by atoms with van der Waals surface area (Å²) in [4.78, 5) is 11.2. The Morgan fingerprint density at radius 1 is 1.19 bits per heavy atom. The number of hydrogen-bond donors (Lipinski definition) is 2. The summed E-state index contributed by atoms with van der Waals surface area (Å²) in [6.45, 7) is 3.70. The number of nitrogens with zero attached hydrogens (tertiary/aromatic N) is 3. The van der Waals surface area contributed by atoms with E-state index >= 15 is 0 Å². The molecule has 0 saturated carbocycles. The van der Waals surface area contributed by atoms with Crippen molar-refractivity contribution in [1.29, 1.82) is 0 Å². The molecule has 170 valence electrons. The number of sulfone groups is 1. The van der Waals surface area contributed by atoms with E-state index in [0.717, 1.165) is 43.6 Å². The Kier molecular flexibility index (Phi) is 5.91. The smallest absolute Gasteiger partial charge is 0.175 e. The first kappa shape index (κ1) is 22.6. The Morgan fingerprint density at radius 3 is 2.56 bits per heavy atom. The van der Waals surface area contributed by atoms with Gasteiger partial charge in [-0.05, 0) is 76.2 Å². The third-order valence-corrected chi connectivity index (χ3v) is 7.35. The third-order valence-electron chi connectivity index (χ3n) is 6.24. The second kappa shape index (κ2) is 8.38. The number of benzene rings is 1. The molecule has 0 unspecified atom stereocenters. The fourth-order valence-electron chi connectivity index (χ4n) is 4.11. The first-order chi connectivity index (χ1) is 15.0. The van der Waals surface area contributed by atoms with E-state index in [1.165, 1.54) is 12.1 Å². The summed E-state index contributed by atoms with van der Waals surface area (Å²) in [7, 11) is -1.41. The molecule has 32 heavy (non-hydrogen) atoms. The molecule has 1 atom stereocenters. The minimum atomic E-state index is -3.49. The van der Waals surface area contributed by atoms with Gasteiger partial charge < -0.3 is 15.3 Å². The molecule has 1 fully saturated rings. The maximum absolute atomic E-state index is 14.4. The van der Waals surface area contributed by atoms with E-state index in [1.807, 2.05) is 19.1 Å². The molecule has 7 nitrogen and oxygen atoms in total. The van der Waals surface area contributed by atoms with Gasteiger partial charge in [0.2, 0.25) is 0 Å². The Labute approximate surface area is 187 Å². The number of aliphatic hydroxyl groups is 1. The van der Waals surface area contributed by atoms with Gasteiger partial charge in [-0.3, -0.25) is 0 Å². The highest BCUT2D eigenvalue weighted by Gasteiger charge is 2.36. The highest BCUT2D eigenvalue weighted by atomic mass is 32.2. The van der Waals surface area contributed by atoms with Gasteiger partial charge in [-0.2, -0.15) is 0 Å². The highest BCUT2D eigenvalue weighted by Crippen LogP contribution is 2.36. The molecule has 0 spiro atoms. The first-order valence-corrected chi connectivity index (χ1v) is 12.4. The lowest BCUT2D eigenvalue weighted by Gasteiger charge is -2.38. The van der Waals surface area contributed by atoms with Crippen molar-refractivity contribution in [2.45, 2.75) is 30.3 Å². The van der Waals surface area contributed by atoms with Crippen LogP contribution in [0.2, 0.25) is 0 Å². The normalized spacial score (nSPS) is 17.9. The molecule has 1 saturated heterocycles. The quantitative estimate of drug-likeness (QED) is 0.604.